The average molecular weight is 277 g/mol. The van der Waals surface area contributed by atoms with E-state index < -0.39 is 4.92 Å². The van der Waals surface area contributed by atoms with Crippen molar-refractivity contribution in [2.24, 2.45) is 0 Å². The maximum atomic E-state index is 10.7. The minimum atomic E-state index is -0.468. The van der Waals surface area contributed by atoms with Gasteiger partial charge in [-0.3, -0.25) is 0 Å². The molecule has 6 nitrogen and oxygen atoms in total. The summed E-state index contributed by atoms with van der Waals surface area (Å²) in [5.74, 6) is -0.0634. The summed E-state index contributed by atoms with van der Waals surface area (Å²) < 4.78 is 1.53. The lowest BCUT2D eigenvalue weighted by Crippen LogP contribution is -2.05. The molecule has 1 heterocycles. The van der Waals surface area contributed by atoms with Crippen LogP contribution in [0.1, 0.15) is 32.6 Å². The fraction of sp³-hybridized carbons (Fsp3) is 0.750. The van der Waals surface area contributed by atoms with Gasteiger partial charge in [0.25, 0.3) is 0 Å². The predicted molar refractivity (Wildman–Crippen MR) is 58.5 cm³/mol. The van der Waals surface area contributed by atoms with E-state index >= 15 is 0 Å². The first-order valence-electron chi connectivity index (χ1n) is 4.90. The van der Waals surface area contributed by atoms with Gasteiger partial charge in [0.05, 0.1) is 0 Å². The van der Waals surface area contributed by atoms with Gasteiger partial charge in [0.2, 0.25) is 4.60 Å². The van der Waals surface area contributed by atoms with Crippen LogP contribution in [0.15, 0.2) is 4.60 Å². The second kappa shape index (κ2) is 5.79. The Hall–Kier alpha value is -0.980. The molecule has 0 unspecified atom stereocenters. The quantitative estimate of drug-likeness (QED) is 0.455. The lowest BCUT2D eigenvalue weighted by atomic mass is 10.2. The number of hydrogen-bond donors (Lipinski definition) is 0. The van der Waals surface area contributed by atoms with Gasteiger partial charge in [-0.05, 0) is 33.7 Å². The predicted octanol–water partition coefficient (Wildman–Crippen LogP) is 2.53. The summed E-state index contributed by atoms with van der Waals surface area (Å²) in [5, 5.41) is 18.0. The van der Waals surface area contributed by atoms with E-state index in [1.165, 1.54) is 4.68 Å². The van der Waals surface area contributed by atoms with Crippen LogP contribution < -0.4 is 0 Å². The van der Waals surface area contributed by atoms with Crippen LogP contribution in [0, 0.1) is 10.1 Å². The first kappa shape index (κ1) is 12.1. The minimum absolute atomic E-state index is 0.0634. The van der Waals surface area contributed by atoms with Crippen molar-refractivity contribution in [1.29, 1.82) is 0 Å². The van der Waals surface area contributed by atoms with Gasteiger partial charge >= 0.3 is 5.82 Å². The third kappa shape index (κ3) is 3.26. The van der Waals surface area contributed by atoms with Crippen LogP contribution in [0.25, 0.3) is 0 Å². The third-order valence-electron chi connectivity index (χ3n) is 2.07. The molecule has 0 amide bonds. The zero-order valence-corrected chi connectivity index (χ0v) is 10.1. The van der Waals surface area contributed by atoms with Crippen molar-refractivity contribution >= 4 is 21.7 Å². The molecule has 84 valence electrons. The molecule has 1 rings (SSSR count). The van der Waals surface area contributed by atoms with E-state index in [1.807, 2.05) is 0 Å². The molecule has 1 aromatic rings. The van der Waals surface area contributed by atoms with Crippen molar-refractivity contribution in [3.63, 3.8) is 0 Å². The maximum Gasteiger partial charge on any atom is 0.379 e. The summed E-state index contributed by atoms with van der Waals surface area (Å²) in [6, 6.07) is 0. The van der Waals surface area contributed by atoms with E-state index in [0.29, 0.717) is 6.54 Å². The number of rotatable bonds is 6. The molecule has 7 heteroatoms. The molecule has 0 aliphatic heterocycles. The van der Waals surface area contributed by atoms with E-state index in [4.69, 9.17) is 0 Å². The van der Waals surface area contributed by atoms with Crippen molar-refractivity contribution in [2.75, 3.05) is 0 Å². The minimum Gasteiger partial charge on any atom is -0.358 e. The number of nitrogens with zero attached hydrogens (tertiary/aromatic N) is 4. The molecular formula is C8H13BrN4O2. The van der Waals surface area contributed by atoms with Gasteiger partial charge in [0.15, 0.2) is 0 Å². The van der Waals surface area contributed by atoms with Crippen LogP contribution >= 0.6 is 15.9 Å². The fourth-order valence-corrected chi connectivity index (χ4v) is 1.72. The molecule has 0 aromatic carbocycles. The molecule has 0 aliphatic carbocycles. The standard InChI is InChI=1S/C8H13BrN4O2/c1-2-3-4-5-6-12-8(13(14)15)7(9)10-11-12/h2-6H2,1H3. The highest BCUT2D eigenvalue weighted by Gasteiger charge is 2.21. The normalized spacial score (nSPS) is 10.5. The summed E-state index contributed by atoms with van der Waals surface area (Å²) in [6.45, 7) is 2.67. The van der Waals surface area contributed by atoms with Gasteiger partial charge < -0.3 is 10.1 Å². The van der Waals surface area contributed by atoms with Gasteiger partial charge in [-0.1, -0.05) is 24.9 Å². The summed E-state index contributed by atoms with van der Waals surface area (Å²) in [6.07, 6.45) is 4.24. The van der Waals surface area contributed by atoms with Crippen molar-refractivity contribution in [2.45, 2.75) is 39.2 Å². The molecule has 0 aliphatic rings. The molecule has 0 saturated heterocycles. The summed E-state index contributed by atoms with van der Waals surface area (Å²) >= 11 is 3.00. The topological polar surface area (TPSA) is 73.8 Å². The molecule has 15 heavy (non-hydrogen) atoms. The van der Waals surface area contributed by atoms with E-state index in [9.17, 15) is 10.1 Å². The Morgan fingerprint density at radius 2 is 2.20 bits per heavy atom. The molecule has 0 saturated carbocycles. The van der Waals surface area contributed by atoms with Crippen LogP contribution in [0.5, 0.6) is 0 Å². The Balaban J connectivity index is 2.57. The number of aromatic nitrogens is 3. The smallest absolute Gasteiger partial charge is 0.358 e. The average Bonchev–Trinajstić information content (AvgIpc) is 2.54. The van der Waals surface area contributed by atoms with Crippen LogP contribution in [0.2, 0.25) is 0 Å². The van der Waals surface area contributed by atoms with Crippen LogP contribution in [0.4, 0.5) is 5.82 Å². The molecule has 0 N–H and O–H groups in total. The lowest BCUT2D eigenvalue weighted by Gasteiger charge is -1.98. The zero-order valence-electron chi connectivity index (χ0n) is 8.52. The number of aryl methyl sites for hydroxylation is 1. The van der Waals surface area contributed by atoms with E-state index in [-0.39, 0.29) is 10.4 Å². The Morgan fingerprint density at radius 3 is 2.80 bits per heavy atom. The third-order valence-corrected chi connectivity index (χ3v) is 2.58. The van der Waals surface area contributed by atoms with E-state index in [1.54, 1.807) is 0 Å². The SMILES string of the molecule is CCCCCCn1nnc(Br)c1[N+](=O)[O-]. The second-order valence-electron chi connectivity index (χ2n) is 3.24. The highest BCUT2D eigenvalue weighted by atomic mass is 79.9. The number of hydrogen-bond acceptors (Lipinski definition) is 4. The number of nitro groups is 1. The molecule has 1 aromatic heterocycles. The molecular weight excluding hydrogens is 264 g/mol. The van der Waals surface area contributed by atoms with E-state index in [2.05, 4.69) is 33.2 Å². The summed E-state index contributed by atoms with van der Waals surface area (Å²) in [4.78, 5) is 10.2. The Bertz CT molecular complexity index is 339. The van der Waals surface area contributed by atoms with Gasteiger partial charge in [-0.25, -0.2) is 0 Å². The highest BCUT2D eigenvalue weighted by Crippen LogP contribution is 2.21. The van der Waals surface area contributed by atoms with Crippen LogP contribution in [-0.4, -0.2) is 19.9 Å². The maximum absolute atomic E-state index is 10.7. The second-order valence-corrected chi connectivity index (χ2v) is 4.00. The molecule has 0 atom stereocenters. The Labute approximate surface area is 95.9 Å². The van der Waals surface area contributed by atoms with Crippen LogP contribution in [-0.2, 0) is 6.54 Å². The van der Waals surface area contributed by atoms with Crippen molar-refractivity contribution in [1.82, 2.24) is 15.0 Å². The number of halogens is 1. The number of unbranched alkanes of at least 4 members (excludes halogenated alkanes) is 3. The molecule has 0 fully saturated rings. The van der Waals surface area contributed by atoms with Crippen molar-refractivity contribution < 1.29 is 4.92 Å². The first-order valence-corrected chi connectivity index (χ1v) is 5.69. The monoisotopic (exact) mass is 276 g/mol. The molecule has 0 radical (unpaired) electrons. The first-order chi connectivity index (χ1) is 7.16. The zero-order chi connectivity index (χ0) is 11.3. The van der Waals surface area contributed by atoms with Gasteiger partial charge in [-0.15, -0.1) is 4.68 Å². The largest absolute Gasteiger partial charge is 0.379 e. The highest BCUT2D eigenvalue weighted by molar-refractivity contribution is 9.10. The summed E-state index contributed by atoms with van der Waals surface area (Å²) in [5.41, 5.74) is 0. The molecule has 0 spiro atoms. The summed E-state index contributed by atoms with van der Waals surface area (Å²) in [7, 11) is 0. The van der Waals surface area contributed by atoms with Crippen LogP contribution in [0.3, 0.4) is 0 Å². The lowest BCUT2D eigenvalue weighted by molar-refractivity contribution is -0.393. The van der Waals surface area contributed by atoms with Gasteiger partial charge in [0, 0.05) is 5.21 Å². The van der Waals surface area contributed by atoms with Crippen molar-refractivity contribution in [3.05, 3.63) is 14.7 Å². The molecule has 0 bridgehead atoms. The van der Waals surface area contributed by atoms with Gasteiger partial charge in [0.1, 0.15) is 6.54 Å². The Morgan fingerprint density at radius 1 is 1.47 bits per heavy atom. The fourth-order valence-electron chi connectivity index (χ4n) is 1.30. The van der Waals surface area contributed by atoms with Gasteiger partial charge in [-0.2, -0.15) is 0 Å². The Kier molecular flexibility index (Phi) is 4.67. The van der Waals surface area contributed by atoms with Crippen molar-refractivity contribution in [3.8, 4) is 0 Å². The van der Waals surface area contributed by atoms with E-state index in [0.717, 1.165) is 25.7 Å².